The maximum absolute atomic E-state index is 12.8. The van der Waals surface area contributed by atoms with Crippen LogP contribution in [0.15, 0.2) is 18.2 Å². The van der Waals surface area contributed by atoms with Gasteiger partial charge in [0, 0.05) is 12.6 Å². The molecule has 0 radical (unpaired) electrons. The van der Waals surface area contributed by atoms with Crippen molar-refractivity contribution in [3.63, 3.8) is 0 Å². The Balaban J connectivity index is 2.02. The van der Waals surface area contributed by atoms with Crippen LogP contribution in [0.3, 0.4) is 0 Å². The maximum atomic E-state index is 12.8. The highest BCUT2D eigenvalue weighted by Gasteiger charge is 2.31. The van der Waals surface area contributed by atoms with Crippen LogP contribution in [0.2, 0.25) is 0 Å². The van der Waals surface area contributed by atoms with Gasteiger partial charge in [-0.3, -0.25) is 4.79 Å². The van der Waals surface area contributed by atoms with Gasteiger partial charge in [-0.05, 0) is 25.0 Å². The molecule has 1 aliphatic rings. The van der Waals surface area contributed by atoms with Crippen LogP contribution in [0.5, 0.6) is 5.75 Å². The lowest BCUT2D eigenvalue weighted by Crippen LogP contribution is -2.34. The number of halogens is 1. The molecule has 0 aliphatic carbocycles. The van der Waals surface area contributed by atoms with E-state index in [4.69, 9.17) is 0 Å². The van der Waals surface area contributed by atoms with E-state index in [1.807, 2.05) is 0 Å². The highest BCUT2D eigenvalue weighted by Crippen LogP contribution is 2.20. The second kappa shape index (κ2) is 5.16. The lowest BCUT2D eigenvalue weighted by atomic mass is 10.2. The number of phenols is 1. The normalized spacial score (nSPS) is 21.2. The Morgan fingerprint density at radius 1 is 1.47 bits per heavy atom. The van der Waals surface area contributed by atoms with E-state index in [2.05, 4.69) is 5.32 Å². The highest BCUT2D eigenvalue weighted by molar-refractivity contribution is 7.92. The third-order valence-corrected chi connectivity index (χ3v) is 5.43. The smallest absolute Gasteiger partial charge is 0.255 e. The first-order chi connectivity index (χ1) is 8.90. The van der Waals surface area contributed by atoms with E-state index in [1.54, 1.807) is 0 Å². The first-order valence-corrected chi connectivity index (χ1v) is 7.60. The fourth-order valence-corrected chi connectivity index (χ4v) is 3.85. The van der Waals surface area contributed by atoms with Crippen molar-refractivity contribution in [2.24, 2.45) is 0 Å². The van der Waals surface area contributed by atoms with Crippen molar-refractivity contribution < 1.29 is 22.7 Å². The monoisotopic (exact) mass is 287 g/mol. The summed E-state index contributed by atoms with van der Waals surface area (Å²) in [5.41, 5.74) is -0.0724. The highest BCUT2D eigenvalue weighted by atomic mass is 32.2. The minimum Gasteiger partial charge on any atom is -0.507 e. The molecule has 1 fully saturated rings. The molecule has 1 saturated heterocycles. The van der Waals surface area contributed by atoms with E-state index in [-0.39, 0.29) is 17.9 Å². The minimum absolute atomic E-state index is 0.0119. The van der Waals surface area contributed by atoms with Gasteiger partial charge in [0.2, 0.25) is 0 Å². The molecule has 1 amide bonds. The summed E-state index contributed by atoms with van der Waals surface area (Å²) in [5.74, 6) is -1.58. The molecule has 7 heteroatoms. The summed E-state index contributed by atoms with van der Waals surface area (Å²) in [6.45, 7) is 0.0119. The summed E-state index contributed by atoms with van der Waals surface area (Å²) in [6.07, 6.45) is 1.13. The molecule has 19 heavy (non-hydrogen) atoms. The summed E-state index contributed by atoms with van der Waals surface area (Å²) in [6, 6.07) is 3.05. The Kier molecular flexibility index (Phi) is 3.75. The van der Waals surface area contributed by atoms with Gasteiger partial charge in [-0.1, -0.05) is 0 Å². The lowest BCUT2D eigenvalue weighted by molar-refractivity contribution is 0.0951. The Labute approximate surface area is 110 Å². The van der Waals surface area contributed by atoms with Crippen molar-refractivity contribution >= 4 is 15.7 Å². The average Bonchev–Trinajstić information content (AvgIpc) is 2.65. The van der Waals surface area contributed by atoms with E-state index in [1.165, 1.54) is 0 Å². The van der Waals surface area contributed by atoms with Gasteiger partial charge in [0.1, 0.15) is 11.6 Å². The van der Waals surface area contributed by atoms with Crippen molar-refractivity contribution in [3.8, 4) is 5.75 Å². The third kappa shape index (κ3) is 3.04. The number of phenolic OH excluding ortho intramolecular Hbond substituents is 1. The molecule has 1 atom stereocenters. The van der Waals surface area contributed by atoms with Gasteiger partial charge in [0.05, 0.1) is 16.6 Å². The van der Waals surface area contributed by atoms with Crippen molar-refractivity contribution in [3.05, 3.63) is 29.6 Å². The number of amides is 1. The van der Waals surface area contributed by atoms with Gasteiger partial charge in [0.15, 0.2) is 9.84 Å². The molecule has 1 aromatic carbocycles. The van der Waals surface area contributed by atoms with Crippen molar-refractivity contribution in [1.82, 2.24) is 5.32 Å². The van der Waals surface area contributed by atoms with Gasteiger partial charge in [0.25, 0.3) is 5.91 Å². The number of carbonyl (C=O) groups is 1. The number of sulfone groups is 1. The number of hydrogen-bond acceptors (Lipinski definition) is 4. The Hall–Kier alpha value is -1.63. The Morgan fingerprint density at radius 3 is 2.79 bits per heavy atom. The molecule has 0 spiro atoms. The van der Waals surface area contributed by atoms with Crippen molar-refractivity contribution in [1.29, 1.82) is 0 Å². The zero-order valence-electron chi connectivity index (χ0n) is 10.1. The second-order valence-corrected chi connectivity index (χ2v) is 6.90. The first kappa shape index (κ1) is 13.8. The SMILES string of the molecule is O=C(NCC1CCCS1(=O)=O)c1ccc(F)cc1O. The summed E-state index contributed by atoms with van der Waals surface area (Å²) in [5, 5.41) is 11.3. The molecule has 1 aliphatic heterocycles. The average molecular weight is 287 g/mol. The Bertz CT molecular complexity index is 600. The quantitative estimate of drug-likeness (QED) is 0.863. The molecule has 1 unspecified atom stereocenters. The molecule has 5 nitrogen and oxygen atoms in total. The van der Waals surface area contributed by atoms with Gasteiger partial charge in [-0.15, -0.1) is 0 Å². The summed E-state index contributed by atoms with van der Waals surface area (Å²) < 4.78 is 35.9. The predicted octanol–water partition coefficient (Wildman–Crippen LogP) is 0.838. The molecule has 0 aromatic heterocycles. The zero-order valence-corrected chi connectivity index (χ0v) is 10.9. The number of rotatable bonds is 3. The number of carbonyl (C=O) groups excluding carboxylic acids is 1. The molecule has 2 rings (SSSR count). The summed E-state index contributed by atoms with van der Waals surface area (Å²) >= 11 is 0. The first-order valence-electron chi connectivity index (χ1n) is 5.88. The summed E-state index contributed by atoms with van der Waals surface area (Å²) in [4.78, 5) is 11.8. The number of hydrogen-bond donors (Lipinski definition) is 2. The van der Waals surface area contributed by atoms with Crippen molar-refractivity contribution in [2.75, 3.05) is 12.3 Å². The summed E-state index contributed by atoms with van der Waals surface area (Å²) in [7, 11) is -3.12. The van der Waals surface area contributed by atoms with Crippen LogP contribution < -0.4 is 5.32 Å². The van der Waals surface area contributed by atoms with Crippen molar-refractivity contribution in [2.45, 2.75) is 18.1 Å². The van der Waals surface area contributed by atoms with Crippen LogP contribution in [-0.4, -0.2) is 37.0 Å². The molecular formula is C12H14FNO4S. The fraction of sp³-hybridized carbons (Fsp3) is 0.417. The van der Waals surface area contributed by atoms with Crippen LogP contribution in [0.1, 0.15) is 23.2 Å². The zero-order chi connectivity index (χ0) is 14.0. The van der Waals surface area contributed by atoms with Gasteiger partial charge in [-0.25, -0.2) is 12.8 Å². The minimum atomic E-state index is -3.12. The standard InChI is InChI=1S/C12H14FNO4S/c13-8-3-4-10(11(15)6-8)12(16)14-7-9-2-1-5-19(9,17)18/h3-4,6,9,15H,1-2,5,7H2,(H,14,16). The van der Waals surface area contributed by atoms with Crippen LogP contribution in [0.4, 0.5) is 4.39 Å². The molecular weight excluding hydrogens is 273 g/mol. The molecule has 1 heterocycles. The lowest BCUT2D eigenvalue weighted by Gasteiger charge is -2.11. The van der Waals surface area contributed by atoms with Crippen LogP contribution in [0, 0.1) is 5.82 Å². The number of benzene rings is 1. The van der Waals surface area contributed by atoms with E-state index >= 15 is 0 Å². The molecule has 104 valence electrons. The van der Waals surface area contributed by atoms with E-state index < -0.39 is 32.6 Å². The van der Waals surface area contributed by atoms with Gasteiger partial charge >= 0.3 is 0 Å². The van der Waals surface area contributed by atoms with Gasteiger partial charge in [-0.2, -0.15) is 0 Å². The van der Waals surface area contributed by atoms with E-state index in [9.17, 15) is 22.7 Å². The number of nitrogens with one attached hydrogen (secondary N) is 1. The van der Waals surface area contributed by atoms with Crippen LogP contribution >= 0.6 is 0 Å². The Morgan fingerprint density at radius 2 is 2.21 bits per heavy atom. The topological polar surface area (TPSA) is 83.5 Å². The molecule has 0 saturated carbocycles. The second-order valence-electron chi connectivity index (χ2n) is 4.50. The molecule has 0 bridgehead atoms. The van der Waals surface area contributed by atoms with Gasteiger partial charge < -0.3 is 10.4 Å². The van der Waals surface area contributed by atoms with Crippen LogP contribution in [-0.2, 0) is 9.84 Å². The predicted molar refractivity (Wildman–Crippen MR) is 67.2 cm³/mol. The largest absolute Gasteiger partial charge is 0.507 e. The van der Waals surface area contributed by atoms with E-state index in [0.29, 0.717) is 12.8 Å². The van der Waals surface area contributed by atoms with Crippen LogP contribution in [0.25, 0.3) is 0 Å². The number of aromatic hydroxyl groups is 1. The molecule has 2 N–H and O–H groups in total. The maximum Gasteiger partial charge on any atom is 0.255 e. The fourth-order valence-electron chi connectivity index (χ4n) is 2.09. The third-order valence-electron chi connectivity index (χ3n) is 3.16. The van der Waals surface area contributed by atoms with E-state index in [0.717, 1.165) is 18.2 Å². The molecule has 1 aromatic rings.